The number of rotatable bonds is 8. The molecule has 1 amide bonds. The minimum atomic E-state index is -0.609. The zero-order valence-electron chi connectivity index (χ0n) is 18.6. The highest BCUT2D eigenvalue weighted by Crippen LogP contribution is 2.52. The van der Waals surface area contributed by atoms with Crippen LogP contribution in [0.15, 0.2) is 40.0 Å². The van der Waals surface area contributed by atoms with Crippen molar-refractivity contribution in [2.24, 2.45) is 11.8 Å². The van der Waals surface area contributed by atoms with Gasteiger partial charge in [0.15, 0.2) is 0 Å². The van der Waals surface area contributed by atoms with E-state index in [1.54, 1.807) is 28.2 Å². The monoisotopic (exact) mass is 518 g/mol. The van der Waals surface area contributed by atoms with Gasteiger partial charge in [0.25, 0.3) is 5.69 Å². The summed E-state index contributed by atoms with van der Waals surface area (Å²) >= 11 is 3.09. The maximum absolute atomic E-state index is 13.3. The molecule has 3 aliphatic heterocycles. The average Bonchev–Trinajstić information content (AvgIpc) is 3.42. The fourth-order valence-electron chi connectivity index (χ4n) is 4.70. The van der Waals surface area contributed by atoms with E-state index in [9.17, 15) is 24.8 Å². The van der Waals surface area contributed by atoms with E-state index in [2.05, 4.69) is 15.5 Å². The Hall–Kier alpha value is -2.97. The summed E-state index contributed by atoms with van der Waals surface area (Å²) in [6.45, 7) is 2.40. The fourth-order valence-corrected chi connectivity index (χ4v) is 7.19. The Balaban J connectivity index is 1.36. The second-order valence-electron chi connectivity index (χ2n) is 8.51. The summed E-state index contributed by atoms with van der Waals surface area (Å²) in [4.78, 5) is 38.8. The van der Waals surface area contributed by atoms with Crippen LogP contribution < -0.4 is 0 Å². The molecule has 1 aromatic heterocycles. The molecule has 4 heterocycles. The van der Waals surface area contributed by atoms with E-state index in [1.807, 2.05) is 6.92 Å². The van der Waals surface area contributed by atoms with Crippen LogP contribution in [0.2, 0.25) is 0 Å². The number of hydrogen-bond acceptors (Lipinski definition) is 11. The van der Waals surface area contributed by atoms with Crippen LogP contribution in [0.4, 0.5) is 5.69 Å². The summed E-state index contributed by atoms with van der Waals surface area (Å²) in [5, 5.41) is 32.8. The standard InChI is InChI=1S/C21H22N6O6S2/c1-11-16-15(6-7-28)19(29)26(16)17(18(11)35-14-8-25-21(34-10-14)22-23-24-25)20(30)33-9-12-2-4-13(5-3-12)27(31)32/h2-5,11,14-16,28H,6-10H2,1H3/t11-,14-,15+,16-/m1/s1. The molecule has 4 atom stereocenters. The van der Waals surface area contributed by atoms with Crippen molar-refractivity contribution in [3.63, 3.8) is 0 Å². The lowest BCUT2D eigenvalue weighted by Gasteiger charge is -2.45. The van der Waals surface area contributed by atoms with E-state index >= 15 is 0 Å². The Morgan fingerprint density at radius 1 is 1.37 bits per heavy atom. The first-order valence-corrected chi connectivity index (χ1v) is 12.9. The maximum atomic E-state index is 13.3. The van der Waals surface area contributed by atoms with E-state index in [-0.39, 0.29) is 53.6 Å². The Morgan fingerprint density at radius 2 is 2.14 bits per heavy atom. The number of β-lactam (4-membered cyclic amide) rings is 1. The van der Waals surface area contributed by atoms with Crippen LogP contribution in [0, 0.1) is 22.0 Å². The highest BCUT2D eigenvalue weighted by Gasteiger charge is 2.58. The summed E-state index contributed by atoms with van der Waals surface area (Å²) in [5.41, 5.74) is 0.802. The SMILES string of the molecule is C[C@H]1C(S[C@H]2CSc3nnnn3C2)=C(C(=O)OCc2ccc([N+](=O)[O-])cc2)N2C(=O)[C@@H](CCO)[C@@H]12. The predicted molar refractivity (Wildman–Crippen MR) is 125 cm³/mol. The van der Waals surface area contributed by atoms with Crippen LogP contribution in [-0.4, -0.2) is 70.7 Å². The number of amides is 1. The normalized spacial score (nSPS) is 25.2. The zero-order chi connectivity index (χ0) is 24.7. The second-order valence-corrected chi connectivity index (χ2v) is 10.8. The molecule has 1 aromatic carbocycles. The Morgan fingerprint density at radius 3 is 2.86 bits per heavy atom. The minimum absolute atomic E-state index is 0.0499. The molecular formula is C21H22N6O6S2. The highest BCUT2D eigenvalue weighted by atomic mass is 32.2. The van der Waals surface area contributed by atoms with Crippen LogP contribution in [-0.2, 0) is 27.5 Å². The number of carbonyl (C=O) groups excluding carboxylic acids is 2. The molecule has 0 bridgehead atoms. The average molecular weight is 519 g/mol. The second kappa shape index (κ2) is 9.59. The molecule has 0 aliphatic carbocycles. The third-order valence-electron chi connectivity index (χ3n) is 6.38. The Bertz CT molecular complexity index is 1200. The summed E-state index contributed by atoms with van der Waals surface area (Å²) in [7, 11) is 0. The number of hydrogen-bond donors (Lipinski definition) is 1. The summed E-state index contributed by atoms with van der Waals surface area (Å²) in [6.07, 6.45) is 0.348. The van der Waals surface area contributed by atoms with Gasteiger partial charge in [-0.05, 0) is 34.5 Å². The number of nitro benzene ring substituents is 1. The number of fused-ring (bicyclic) bond motifs is 2. The number of carbonyl (C=O) groups is 2. The van der Waals surface area contributed by atoms with Gasteiger partial charge >= 0.3 is 5.97 Å². The number of tetrazole rings is 1. The number of benzene rings is 1. The van der Waals surface area contributed by atoms with Crippen molar-refractivity contribution in [2.75, 3.05) is 12.4 Å². The molecule has 3 aliphatic rings. The van der Waals surface area contributed by atoms with E-state index in [1.165, 1.54) is 29.2 Å². The summed E-state index contributed by atoms with van der Waals surface area (Å²) in [5.74, 6) is -0.462. The molecule has 2 aromatic rings. The lowest BCUT2D eigenvalue weighted by Crippen LogP contribution is -2.60. The number of aromatic nitrogens is 4. The van der Waals surface area contributed by atoms with Gasteiger partial charge in [-0.2, -0.15) is 0 Å². The Labute approximate surface area is 208 Å². The lowest BCUT2D eigenvalue weighted by molar-refractivity contribution is -0.384. The number of esters is 1. The molecule has 1 N–H and O–H groups in total. The van der Waals surface area contributed by atoms with Crippen molar-refractivity contribution in [1.82, 2.24) is 25.1 Å². The van der Waals surface area contributed by atoms with Crippen molar-refractivity contribution in [3.8, 4) is 0 Å². The van der Waals surface area contributed by atoms with Crippen molar-refractivity contribution < 1.29 is 24.4 Å². The maximum Gasteiger partial charge on any atom is 0.356 e. The van der Waals surface area contributed by atoms with Crippen LogP contribution >= 0.6 is 23.5 Å². The number of nitro groups is 1. The third-order valence-corrected chi connectivity index (χ3v) is 9.18. The quantitative estimate of drug-likeness (QED) is 0.235. The molecule has 12 nitrogen and oxygen atoms in total. The number of nitrogens with zero attached hydrogens (tertiary/aromatic N) is 6. The molecule has 0 saturated carbocycles. The van der Waals surface area contributed by atoms with Crippen LogP contribution in [0.25, 0.3) is 0 Å². The predicted octanol–water partition coefficient (Wildman–Crippen LogP) is 1.60. The Kier molecular flexibility index (Phi) is 6.51. The smallest absolute Gasteiger partial charge is 0.356 e. The van der Waals surface area contributed by atoms with Gasteiger partial charge in [0.1, 0.15) is 12.3 Å². The molecular weight excluding hydrogens is 496 g/mol. The first-order valence-electron chi connectivity index (χ1n) is 11.0. The highest BCUT2D eigenvalue weighted by molar-refractivity contribution is 8.05. The number of ether oxygens (including phenoxy) is 1. The number of aliphatic hydroxyl groups is 1. The number of aliphatic hydroxyl groups excluding tert-OH is 1. The molecule has 0 unspecified atom stereocenters. The van der Waals surface area contributed by atoms with E-state index in [0.29, 0.717) is 18.5 Å². The van der Waals surface area contributed by atoms with Gasteiger partial charge in [0.05, 0.1) is 23.4 Å². The van der Waals surface area contributed by atoms with Gasteiger partial charge in [0.2, 0.25) is 11.1 Å². The third kappa shape index (κ3) is 4.29. The van der Waals surface area contributed by atoms with Gasteiger partial charge in [-0.15, -0.1) is 16.9 Å². The molecule has 184 valence electrons. The van der Waals surface area contributed by atoms with Crippen molar-refractivity contribution in [2.45, 2.75) is 42.9 Å². The number of non-ortho nitro benzene ring substituents is 1. The van der Waals surface area contributed by atoms with Gasteiger partial charge in [0, 0.05) is 40.6 Å². The molecule has 1 saturated heterocycles. The van der Waals surface area contributed by atoms with E-state index < -0.39 is 10.9 Å². The minimum Gasteiger partial charge on any atom is -0.456 e. The molecule has 5 rings (SSSR count). The van der Waals surface area contributed by atoms with Gasteiger partial charge in [-0.3, -0.25) is 14.9 Å². The van der Waals surface area contributed by atoms with Crippen molar-refractivity contribution in [1.29, 1.82) is 0 Å². The van der Waals surface area contributed by atoms with E-state index in [4.69, 9.17) is 4.74 Å². The van der Waals surface area contributed by atoms with E-state index in [0.717, 1.165) is 15.8 Å². The van der Waals surface area contributed by atoms with Gasteiger partial charge in [-0.25, -0.2) is 9.48 Å². The molecule has 1 fully saturated rings. The molecule has 0 radical (unpaired) electrons. The van der Waals surface area contributed by atoms with Crippen molar-refractivity contribution in [3.05, 3.63) is 50.5 Å². The van der Waals surface area contributed by atoms with Crippen LogP contribution in [0.1, 0.15) is 18.9 Å². The first-order chi connectivity index (χ1) is 16.9. The van der Waals surface area contributed by atoms with Crippen molar-refractivity contribution >= 4 is 41.1 Å². The van der Waals surface area contributed by atoms with Gasteiger partial charge < -0.3 is 14.7 Å². The fraction of sp³-hybridized carbons (Fsp3) is 0.476. The summed E-state index contributed by atoms with van der Waals surface area (Å²) in [6, 6.07) is 5.57. The van der Waals surface area contributed by atoms with Gasteiger partial charge in [-0.1, -0.05) is 18.7 Å². The largest absolute Gasteiger partial charge is 0.456 e. The zero-order valence-corrected chi connectivity index (χ0v) is 20.3. The lowest BCUT2D eigenvalue weighted by atomic mass is 9.80. The summed E-state index contributed by atoms with van der Waals surface area (Å²) < 4.78 is 7.28. The first kappa shape index (κ1) is 23.8. The van der Waals surface area contributed by atoms with Crippen LogP contribution in [0.3, 0.4) is 0 Å². The topological polar surface area (TPSA) is 154 Å². The number of thioether (sulfide) groups is 2. The van der Waals surface area contributed by atoms with Crippen LogP contribution in [0.5, 0.6) is 0 Å². The molecule has 35 heavy (non-hydrogen) atoms. The molecule has 14 heteroatoms. The molecule has 0 spiro atoms.